The third kappa shape index (κ3) is 4.05. The zero-order chi connectivity index (χ0) is 24.9. The number of nitrogens with zero attached hydrogens (tertiary/aromatic N) is 6. The number of ether oxygens (including phenoxy) is 1. The third-order valence-electron chi connectivity index (χ3n) is 6.38. The molecule has 5 rings (SSSR count). The molecule has 1 N–H and O–H groups in total. The quantitative estimate of drug-likeness (QED) is 0.412. The van der Waals surface area contributed by atoms with Gasteiger partial charge in [0.1, 0.15) is 23.5 Å². The molecule has 1 fully saturated rings. The van der Waals surface area contributed by atoms with Gasteiger partial charge >= 0.3 is 0 Å². The van der Waals surface area contributed by atoms with Crippen LogP contribution in [0.3, 0.4) is 0 Å². The van der Waals surface area contributed by atoms with Crippen molar-refractivity contribution < 1.29 is 22.3 Å². The van der Waals surface area contributed by atoms with Crippen LogP contribution < -0.4 is 10.1 Å². The second kappa shape index (κ2) is 8.67. The number of rotatable bonds is 6. The predicted octanol–water partition coefficient (Wildman–Crippen LogP) is 3.92. The Balaban J connectivity index is 1.57. The summed E-state index contributed by atoms with van der Waals surface area (Å²) < 4.78 is 65.6. The van der Waals surface area contributed by atoms with Crippen LogP contribution in [0.5, 0.6) is 5.88 Å². The zero-order valence-electron chi connectivity index (χ0n) is 19.5. The van der Waals surface area contributed by atoms with Crippen LogP contribution in [0.2, 0.25) is 0 Å². The van der Waals surface area contributed by atoms with Gasteiger partial charge < -0.3 is 19.5 Å². The smallest absolute Gasteiger partial charge is 0.280 e. The first-order valence-electron chi connectivity index (χ1n) is 11.2. The third-order valence-corrected chi connectivity index (χ3v) is 6.38. The molecule has 4 heterocycles. The maximum atomic E-state index is 15.0. The van der Waals surface area contributed by atoms with Crippen molar-refractivity contribution >= 4 is 22.5 Å². The number of aryl methyl sites for hydroxylation is 2. The first-order valence-corrected chi connectivity index (χ1v) is 11.2. The highest BCUT2D eigenvalue weighted by atomic mass is 19.3. The summed E-state index contributed by atoms with van der Waals surface area (Å²) in [7, 11) is 3.07. The van der Waals surface area contributed by atoms with E-state index in [4.69, 9.17) is 4.74 Å². The highest BCUT2D eigenvalue weighted by Crippen LogP contribution is 2.35. The average Bonchev–Trinajstić information content (AvgIpc) is 3.37. The van der Waals surface area contributed by atoms with E-state index in [0.29, 0.717) is 34.5 Å². The van der Waals surface area contributed by atoms with Gasteiger partial charge in [-0.3, -0.25) is 0 Å². The number of aromatic nitrogens is 5. The minimum atomic E-state index is -2.95. The molecule has 1 aliphatic rings. The molecule has 0 amide bonds. The highest BCUT2D eigenvalue weighted by molar-refractivity contribution is 5.90. The number of halogens is 4. The molecule has 0 aliphatic carbocycles. The molecular weight excluding hydrogens is 466 g/mol. The summed E-state index contributed by atoms with van der Waals surface area (Å²) in [5, 5.41) is 7.11. The molecule has 1 aliphatic heterocycles. The number of imidazole rings is 1. The fraction of sp³-hybridized carbons (Fsp3) is 0.435. The Labute approximate surface area is 198 Å². The van der Waals surface area contributed by atoms with Crippen molar-refractivity contribution in [3.8, 4) is 17.0 Å². The first-order chi connectivity index (χ1) is 16.7. The summed E-state index contributed by atoms with van der Waals surface area (Å²) in [5.41, 5.74) is 2.15. The molecule has 35 heavy (non-hydrogen) atoms. The van der Waals surface area contributed by atoms with Crippen molar-refractivity contribution in [2.75, 3.05) is 39.2 Å². The van der Waals surface area contributed by atoms with E-state index >= 15 is 0 Å². The summed E-state index contributed by atoms with van der Waals surface area (Å²) in [5.74, 6) is -2.83. The van der Waals surface area contributed by atoms with Gasteiger partial charge in [0, 0.05) is 18.3 Å². The molecule has 12 heteroatoms. The number of piperidine rings is 1. The molecule has 1 saturated heterocycles. The lowest BCUT2D eigenvalue weighted by molar-refractivity contribution is -0.0675. The summed E-state index contributed by atoms with van der Waals surface area (Å²) in [6.45, 7) is 1.31. The molecule has 3 aromatic heterocycles. The Morgan fingerprint density at radius 2 is 2.06 bits per heavy atom. The number of alkyl halides is 3. The number of benzene rings is 1. The van der Waals surface area contributed by atoms with Gasteiger partial charge in [-0.25, -0.2) is 27.1 Å². The van der Waals surface area contributed by atoms with Gasteiger partial charge in [0.05, 0.1) is 31.8 Å². The lowest BCUT2D eigenvalue weighted by atomic mass is 10.0. The monoisotopic (exact) mass is 491 g/mol. The Kier molecular flexibility index (Phi) is 5.78. The van der Waals surface area contributed by atoms with Gasteiger partial charge in [-0.05, 0) is 44.2 Å². The van der Waals surface area contributed by atoms with Crippen LogP contribution in [0.15, 0.2) is 24.4 Å². The molecule has 1 aromatic carbocycles. The number of hydrogen-bond acceptors (Lipinski definition) is 6. The fourth-order valence-corrected chi connectivity index (χ4v) is 4.69. The van der Waals surface area contributed by atoms with Gasteiger partial charge in [0.2, 0.25) is 11.8 Å². The molecule has 1 atom stereocenters. The lowest BCUT2D eigenvalue weighted by Crippen LogP contribution is -2.53. The summed E-state index contributed by atoms with van der Waals surface area (Å²) in [4.78, 5) is 10.1. The van der Waals surface area contributed by atoms with Crippen molar-refractivity contribution in [3.63, 3.8) is 0 Å². The molecule has 0 bridgehead atoms. The van der Waals surface area contributed by atoms with E-state index in [0.717, 1.165) is 0 Å². The molecule has 8 nitrogen and oxygen atoms in total. The topological polar surface area (TPSA) is 72.5 Å². The standard InChI is InChI=1S/C23H25F4N7O/c1-13-28-19-16(25)10-14(11-17(19)33(13)9-6-24)15-4-8-34-20(15)21(35-3)30-22(31-34)29-18-5-7-32(2)12-23(18,26)27/h4,8,10-11,18H,5-7,9,12H2,1-3H3,(H,29,31). The van der Waals surface area contributed by atoms with Crippen LogP contribution in [0.4, 0.5) is 23.5 Å². The fourth-order valence-electron chi connectivity index (χ4n) is 4.69. The largest absolute Gasteiger partial charge is 0.479 e. The maximum Gasteiger partial charge on any atom is 0.280 e. The predicted molar refractivity (Wildman–Crippen MR) is 123 cm³/mol. The van der Waals surface area contributed by atoms with Crippen LogP contribution in [0, 0.1) is 12.7 Å². The molecule has 186 valence electrons. The summed E-state index contributed by atoms with van der Waals surface area (Å²) in [6, 6.07) is 3.67. The van der Waals surface area contributed by atoms with Gasteiger partial charge in [0.15, 0.2) is 5.82 Å². The molecular formula is C23H25F4N7O. The SMILES string of the molecule is COc1nc(NC2CCN(C)CC2(F)F)nn2ccc(-c3cc(F)c4nc(C)n(CCF)c4c3)c12. The Bertz CT molecular complexity index is 1400. The number of methoxy groups -OCH3 is 1. The van der Waals surface area contributed by atoms with Gasteiger partial charge in [-0.15, -0.1) is 5.10 Å². The molecule has 0 radical (unpaired) electrons. The van der Waals surface area contributed by atoms with Crippen molar-refractivity contribution in [2.24, 2.45) is 0 Å². The summed E-state index contributed by atoms with van der Waals surface area (Å²) in [6.07, 6.45) is 1.86. The van der Waals surface area contributed by atoms with E-state index in [9.17, 15) is 17.6 Å². The van der Waals surface area contributed by atoms with E-state index in [2.05, 4.69) is 20.4 Å². The number of hydrogen-bond donors (Lipinski definition) is 1. The van der Waals surface area contributed by atoms with Crippen molar-refractivity contribution in [2.45, 2.75) is 31.9 Å². The Hall–Kier alpha value is -3.41. The minimum Gasteiger partial charge on any atom is -0.479 e. The Morgan fingerprint density at radius 1 is 1.26 bits per heavy atom. The van der Waals surface area contributed by atoms with Crippen LogP contribution >= 0.6 is 0 Å². The van der Waals surface area contributed by atoms with E-state index in [1.54, 1.807) is 41.8 Å². The minimum absolute atomic E-state index is 0.00371. The molecule has 0 saturated carbocycles. The highest BCUT2D eigenvalue weighted by Gasteiger charge is 2.44. The lowest BCUT2D eigenvalue weighted by Gasteiger charge is -2.36. The van der Waals surface area contributed by atoms with Crippen LogP contribution in [0.1, 0.15) is 12.2 Å². The molecule has 0 spiro atoms. The van der Waals surface area contributed by atoms with Crippen molar-refractivity contribution in [3.05, 3.63) is 36.0 Å². The van der Waals surface area contributed by atoms with Crippen molar-refractivity contribution in [1.29, 1.82) is 0 Å². The average molecular weight is 491 g/mol. The maximum absolute atomic E-state index is 15.0. The Morgan fingerprint density at radius 3 is 2.77 bits per heavy atom. The van der Waals surface area contributed by atoms with E-state index in [-0.39, 0.29) is 36.9 Å². The number of anilines is 1. The van der Waals surface area contributed by atoms with Crippen LogP contribution in [0.25, 0.3) is 27.7 Å². The molecule has 1 unspecified atom stereocenters. The van der Waals surface area contributed by atoms with Crippen molar-refractivity contribution in [1.82, 2.24) is 29.0 Å². The second-order valence-corrected chi connectivity index (χ2v) is 8.78. The number of fused-ring (bicyclic) bond motifs is 2. The zero-order valence-corrected chi connectivity index (χ0v) is 19.5. The van der Waals surface area contributed by atoms with E-state index < -0.39 is 24.5 Å². The van der Waals surface area contributed by atoms with E-state index in [1.165, 1.54) is 17.7 Å². The van der Waals surface area contributed by atoms with Crippen LogP contribution in [-0.4, -0.2) is 74.9 Å². The van der Waals surface area contributed by atoms with E-state index in [1.807, 2.05) is 0 Å². The van der Waals surface area contributed by atoms with Gasteiger partial charge in [-0.2, -0.15) is 4.98 Å². The summed E-state index contributed by atoms with van der Waals surface area (Å²) >= 11 is 0. The first kappa shape index (κ1) is 23.3. The van der Waals surface area contributed by atoms with Gasteiger partial charge in [-0.1, -0.05) is 0 Å². The second-order valence-electron chi connectivity index (χ2n) is 8.78. The number of nitrogens with one attached hydrogen (secondary N) is 1. The van der Waals surface area contributed by atoms with Crippen LogP contribution in [-0.2, 0) is 6.54 Å². The molecule has 4 aromatic rings. The van der Waals surface area contributed by atoms with Gasteiger partial charge in [0.25, 0.3) is 5.92 Å². The number of likely N-dealkylation sites (tertiary alicyclic amines) is 1. The normalized spacial score (nSPS) is 18.4.